The minimum Gasteiger partial charge on any atom is -0.395 e. The zero-order valence-electron chi connectivity index (χ0n) is 16.1. The first-order valence-corrected chi connectivity index (χ1v) is 10.7. The first-order valence-electron chi connectivity index (χ1n) is 10.7. The maximum Gasteiger partial charge on any atom is 0.223 e. The number of hydrogen-bond donors (Lipinski definition) is 3. The molecule has 2 fully saturated rings. The van der Waals surface area contributed by atoms with E-state index in [1.165, 1.54) is 55.2 Å². The highest BCUT2D eigenvalue weighted by Crippen LogP contribution is 2.34. The van der Waals surface area contributed by atoms with Gasteiger partial charge in [-0.05, 0) is 48.8 Å². The summed E-state index contributed by atoms with van der Waals surface area (Å²) < 4.78 is 0. The van der Waals surface area contributed by atoms with Crippen molar-refractivity contribution in [1.29, 1.82) is 0 Å². The summed E-state index contributed by atoms with van der Waals surface area (Å²) in [6.45, 7) is 0.772. The van der Waals surface area contributed by atoms with Gasteiger partial charge in [0.15, 0.2) is 0 Å². The van der Waals surface area contributed by atoms with Gasteiger partial charge in [-0.25, -0.2) is 0 Å². The van der Waals surface area contributed by atoms with Crippen LogP contribution in [0.15, 0.2) is 30.3 Å². The molecule has 4 nitrogen and oxygen atoms in total. The number of allylic oxidation sites excluding steroid dienone is 2. The Hall–Kier alpha value is -1.65. The van der Waals surface area contributed by atoms with Gasteiger partial charge >= 0.3 is 0 Å². The first kappa shape index (κ1) is 18.7. The molecular weight excluding hydrogens is 336 g/mol. The third-order valence-electron chi connectivity index (χ3n) is 6.67. The molecule has 146 valence electrons. The summed E-state index contributed by atoms with van der Waals surface area (Å²) in [4.78, 5) is 12.4. The fourth-order valence-corrected chi connectivity index (χ4v) is 5.03. The van der Waals surface area contributed by atoms with E-state index in [4.69, 9.17) is 0 Å². The van der Waals surface area contributed by atoms with Gasteiger partial charge in [0, 0.05) is 30.5 Å². The topological polar surface area (TPSA) is 61.4 Å². The van der Waals surface area contributed by atoms with Crippen LogP contribution in [-0.2, 0) is 4.79 Å². The molecule has 27 heavy (non-hydrogen) atoms. The minimum absolute atomic E-state index is 0.0816. The molecular formula is C23H32N2O2. The lowest BCUT2D eigenvalue weighted by atomic mass is 9.77. The summed E-state index contributed by atoms with van der Waals surface area (Å²) in [5, 5.41) is 16.3. The van der Waals surface area contributed by atoms with Crippen molar-refractivity contribution in [1.82, 2.24) is 10.6 Å². The van der Waals surface area contributed by atoms with Crippen molar-refractivity contribution in [3.8, 4) is 0 Å². The lowest BCUT2D eigenvalue weighted by Gasteiger charge is -2.46. The molecule has 1 saturated carbocycles. The lowest BCUT2D eigenvalue weighted by Crippen LogP contribution is -2.64. The predicted octanol–water partition coefficient (Wildman–Crippen LogP) is 3.37. The second-order valence-corrected chi connectivity index (χ2v) is 8.41. The summed E-state index contributed by atoms with van der Waals surface area (Å²) >= 11 is 0. The highest BCUT2D eigenvalue weighted by molar-refractivity contribution is 5.78. The van der Waals surface area contributed by atoms with Gasteiger partial charge in [0.25, 0.3) is 0 Å². The molecule has 1 heterocycles. The normalized spacial score (nSPS) is 28.5. The third-order valence-corrected chi connectivity index (χ3v) is 6.67. The minimum atomic E-state index is 0.0816. The second-order valence-electron chi connectivity index (χ2n) is 8.41. The van der Waals surface area contributed by atoms with Crippen molar-refractivity contribution in [3.05, 3.63) is 41.5 Å². The van der Waals surface area contributed by atoms with E-state index in [2.05, 4.69) is 41.0 Å². The van der Waals surface area contributed by atoms with E-state index >= 15 is 0 Å². The predicted molar refractivity (Wildman–Crippen MR) is 108 cm³/mol. The van der Waals surface area contributed by atoms with Crippen molar-refractivity contribution in [2.75, 3.05) is 13.2 Å². The van der Waals surface area contributed by atoms with Crippen LogP contribution in [0.4, 0.5) is 0 Å². The number of amides is 1. The molecule has 4 heteroatoms. The molecule has 0 aromatic heterocycles. The number of nitrogens with one attached hydrogen (secondary N) is 2. The molecule has 1 aliphatic heterocycles. The number of aliphatic hydroxyl groups excluding tert-OH is 1. The largest absolute Gasteiger partial charge is 0.395 e. The van der Waals surface area contributed by atoms with Gasteiger partial charge in [0.05, 0.1) is 6.61 Å². The molecule has 2 aliphatic carbocycles. The SMILES string of the molecule is O=C(NC[C@H]1N[C@H](CO)[C@@H]1c1ccc(C2=CCCC2)cc1)C1CCCCC1. The number of aliphatic hydroxyl groups is 1. The van der Waals surface area contributed by atoms with Gasteiger partial charge in [-0.3, -0.25) is 4.79 Å². The Morgan fingerprint density at radius 2 is 1.85 bits per heavy atom. The molecule has 4 rings (SSSR count). The van der Waals surface area contributed by atoms with Crippen molar-refractivity contribution in [2.24, 2.45) is 5.92 Å². The molecule has 3 aliphatic rings. The molecule has 1 aromatic carbocycles. The van der Waals surface area contributed by atoms with Gasteiger partial charge in [-0.2, -0.15) is 0 Å². The van der Waals surface area contributed by atoms with Crippen molar-refractivity contribution in [3.63, 3.8) is 0 Å². The molecule has 3 atom stereocenters. The maximum atomic E-state index is 12.4. The van der Waals surface area contributed by atoms with Crippen LogP contribution in [0, 0.1) is 5.92 Å². The average Bonchev–Trinajstić information content (AvgIpc) is 3.23. The zero-order valence-corrected chi connectivity index (χ0v) is 16.1. The van der Waals surface area contributed by atoms with E-state index in [-0.39, 0.29) is 36.4 Å². The van der Waals surface area contributed by atoms with E-state index in [0.717, 1.165) is 12.8 Å². The number of carbonyl (C=O) groups excluding carboxylic acids is 1. The first-order chi connectivity index (χ1) is 13.3. The number of hydrogen-bond acceptors (Lipinski definition) is 3. The van der Waals surface area contributed by atoms with Gasteiger partial charge in [-0.1, -0.05) is 49.6 Å². The maximum absolute atomic E-state index is 12.4. The summed E-state index contributed by atoms with van der Waals surface area (Å²) in [7, 11) is 0. The van der Waals surface area contributed by atoms with E-state index < -0.39 is 0 Å². The van der Waals surface area contributed by atoms with E-state index in [1.54, 1.807) is 0 Å². The van der Waals surface area contributed by atoms with Crippen LogP contribution in [0.25, 0.3) is 5.57 Å². The average molecular weight is 369 g/mol. The number of carbonyl (C=O) groups is 1. The van der Waals surface area contributed by atoms with Gasteiger partial charge in [0.1, 0.15) is 0 Å². The van der Waals surface area contributed by atoms with E-state index in [1.807, 2.05) is 0 Å². The zero-order chi connectivity index (χ0) is 18.6. The summed E-state index contributed by atoms with van der Waals surface area (Å²) in [5.41, 5.74) is 4.04. The van der Waals surface area contributed by atoms with Crippen LogP contribution >= 0.6 is 0 Å². The number of rotatable bonds is 6. The Morgan fingerprint density at radius 1 is 1.07 bits per heavy atom. The second kappa shape index (κ2) is 8.57. The standard InChI is InChI=1S/C23H32N2O2/c26-15-21-22(18-12-10-17(11-13-18)16-6-4-5-7-16)20(25-21)14-24-23(27)19-8-2-1-3-9-19/h6,10-13,19-22,25-26H,1-5,7-9,14-15H2,(H,24,27)/t20-,21-,22-/m1/s1. The molecule has 1 saturated heterocycles. The molecule has 0 radical (unpaired) electrons. The van der Waals surface area contributed by atoms with Crippen LogP contribution in [0.3, 0.4) is 0 Å². The Morgan fingerprint density at radius 3 is 2.52 bits per heavy atom. The highest BCUT2D eigenvalue weighted by atomic mass is 16.3. The van der Waals surface area contributed by atoms with Gasteiger partial charge in [-0.15, -0.1) is 0 Å². The summed E-state index contributed by atoms with van der Waals surface area (Å²) in [6.07, 6.45) is 11.7. The molecule has 1 aromatic rings. The van der Waals surface area contributed by atoms with Gasteiger partial charge in [0.2, 0.25) is 5.91 Å². The van der Waals surface area contributed by atoms with Crippen LogP contribution in [0.1, 0.15) is 68.4 Å². The van der Waals surface area contributed by atoms with Crippen LogP contribution in [0.2, 0.25) is 0 Å². The molecule has 0 spiro atoms. The monoisotopic (exact) mass is 368 g/mol. The Balaban J connectivity index is 1.37. The van der Waals surface area contributed by atoms with Crippen LogP contribution in [0.5, 0.6) is 0 Å². The Labute approximate surface area is 162 Å². The summed E-state index contributed by atoms with van der Waals surface area (Å²) in [5.74, 6) is 0.671. The Bertz CT molecular complexity index is 676. The molecule has 0 unspecified atom stereocenters. The smallest absolute Gasteiger partial charge is 0.223 e. The Kier molecular flexibility index (Phi) is 5.94. The van der Waals surface area contributed by atoms with Gasteiger partial charge < -0.3 is 15.7 Å². The highest BCUT2D eigenvalue weighted by Gasteiger charge is 2.41. The van der Waals surface area contributed by atoms with E-state index in [9.17, 15) is 9.90 Å². The fourth-order valence-electron chi connectivity index (χ4n) is 5.03. The van der Waals surface area contributed by atoms with Crippen molar-refractivity contribution in [2.45, 2.75) is 69.4 Å². The quantitative estimate of drug-likeness (QED) is 0.721. The van der Waals surface area contributed by atoms with Crippen LogP contribution < -0.4 is 10.6 Å². The third kappa shape index (κ3) is 4.12. The lowest BCUT2D eigenvalue weighted by molar-refractivity contribution is -0.126. The summed E-state index contributed by atoms with van der Waals surface area (Å²) in [6, 6.07) is 9.13. The molecule has 3 N–H and O–H groups in total. The van der Waals surface area contributed by atoms with Crippen molar-refractivity contribution >= 4 is 11.5 Å². The van der Waals surface area contributed by atoms with Crippen molar-refractivity contribution < 1.29 is 9.90 Å². The van der Waals surface area contributed by atoms with E-state index in [0.29, 0.717) is 6.54 Å². The molecule has 1 amide bonds. The number of benzene rings is 1. The van der Waals surface area contributed by atoms with Crippen LogP contribution in [-0.4, -0.2) is 36.2 Å². The molecule has 0 bridgehead atoms. The fraction of sp³-hybridized carbons (Fsp3) is 0.609.